The highest BCUT2D eigenvalue weighted by atomic mass is 19.1. The van der Waals surface area contributed by atoms with E-state index in [2.05, 4.69) is 0 Å². The molecule has 0 bridgehead atoms. The van der Waals surface area contributed by atoms with Crippen LogP contribution in [0.1, 0.15) is 24.8 Å². The topological polar surface area (TPSA) is 46.2 Å². The summed E-state index contributed by atoms with van der Waals surface area (Å²) in [6.07, 6.45) is 0.580. The molecule has 2 nitrogen and oxygen atoms in total. The molecule has 0 saturated carbocycles. The lowest BCUT2D eigenvalue weighted by molar-refractivity contribution is 0.415. The van der Waals surface area contributed by atoms with Gasteiger partial charge in [0, 0.05) is 11.6 Å². The number of halogens is 2. The third-order valence-electron chi connectivity index (χ3n) is 2.19. The first kappa shape index (κ1) is 10.9. The van der Waals surface area contributed by atoms with Crippen molar-refractivity contribution in [2.45, 2.75) is 19.3 Å². The number of phenols is 1. The minimum Gasteiger partial charge on any atom is -0.505 e. The van der Waals surface area contributed by atoms with Crippen LogP contribution < -0.4 is 5.73 Å². The van der Waals surface area contributed by atoms with Gasteiger partial charge in [0.25, 0.3) is 0 Å². The molecular formula is C10H13F2NO. The number of aromatic hydroxyl groups is 1. The van der Waals surface area contributed by atoms with Crippen LogP contribution in [0.2, 0.25) is 0 Å². The van der Waals surface area contributed by atoms with Crippen molar-refractivity contribution in [2.75, 3.05) is 6.54 Å². The molecule has 1 rings (SSSR count). The first-order valence-electron chi connectivity index (χ1n) is 4.44. The highest BCUT2D eigenvalue weighted by Crippen LogP contribution is 2.30. The summed E-state index contributed by atoms with van der Waals surface area (Å²) in [7, 11) is 0. The number of rotatable bonds is 3. The van der Waals surface area contributed by atoms with Crippen LogP contribution in [0.5, 0.6) is 5.75 Å². The fourth-order valence-corrected chi connectivity index (χ4v) is 1.37. The van der Waals surface area contributed by atoms with E-state index in [0.717, 1.165) is 6.07 Å². The lowest BCUT2D eigenvalue weighted by atomic mass is 9.96. The highest BCUT2D eigenvalue weighted by molar-refractivity contribution is 5.36. The monoisotopic (exact) mass is 201 g/mol. The lowest BCUT2D eigenvalue weighted by Gasteiger charge is -2.12. The molecule has 0 fully saturated rings. The van der Waals surface area contributed by atoms with E-state index in [4.69, 9.17) is 5.73 Å². The van der Waals surface area contributed by atoms with Gasteiger partial charge in [-0.05, 0) is 24.9 Å². The molecule has 0 aromatic heterocycles. The van der Waals surface area contributed by atoms with Crippen LogP contribution in [-0.2, 0) is 0 Å². The number of benzene rings is 1. The second-order valence-corrected chi connectivity index (χ2v) is 3.30. The van der Waals surface area contributed by atoms with Crippen LogP contribution >= 0.6 is 0 Å². The van der Waals surface area contributed by atoms with Gasteiger partial charge >= 0.3 is 0 Å². The minimum absolute atomic E-state index is 0.148. The molecule has 0 spiro atoms. The minimum atomic E-state index is -0.927. The van der Waals surface area contributed by atoms with Crippen LogP contribution in [0.4, 0.5) is 8.78 Å². The molecule has 0 amide bonds. The predicted octanol–water partition coefficient (Wildman–Crippen LogP) is 2.12. The summed E-state index contributed by atoms with van der Waals surface area (Å²) in [5, 5.41) is 9.34. The van der Waals surface area contributed by atoms with Gasteiger partial charge in [-0.2, -0.15) is 0 Å². The van der Waals surface area contributed by atoms with Gasteiger partial charge in [0.05, 0.1) is 0 Å². The van der Waals surface area contributed by atoms with E-state index in [-0.39, 0.29) is 11.5 Å². The first-order chi connectivity index (χ1) is 6.56. The molecule has 0 radical (unpaired) electrons. The average Bonchev–Trinajstić information content (AvgIpc) is 2.11. The van der Waals surface area contributed by atoms with Crippen molar-refractivity contribution in [3.05, 3.63) is 29.3 Å². The quantitative estimate of drug-likeness (QED) is 0.786. The Labute approximate surface area is 81.4 Å². The van der Waals surface area contributed by atoms with Gasteiger partial charge in [0.1, 0.15) is 5.82 Å². The zero-order chi connectivity index (χ0) is 10.7. The molecule has 0 saturated heterocycles. The Morgan fingerprint density at radius 2 is 2.07 bits per heavy atom. The molecule has 0 aliphatic rings. The molecular weight excluding hydrogens is 188 g/mol. The smallest absolute Gasteiger partial charge is 0.168 e. The second-order valence-electron chi connectivity index (χ2n) is 3.30. The van der Waals surface area contributed by atoms with E-state index in [9.17, 15) is 13.9 Å². The molecule has 1 unspecified atom stereocenters. The van der Waals surface area contributed by atoms with Crippen molar-refractivity contribution >= 4 is 0 Å². The second kappa shape index (κ2) is 4.37. The van der Waals surface area contributed by atoms with Crippen molar-refractivity contribution in [1.29, 1.82) is 0 Å². The standard InChI is InChI=1S/C10H13F2NO/c1-6(2-3-13)8-4-7(11)5-9(12)10(8)14/h4-6,14H,2-3,13H2,1H3. The lowest BCUT2D eigenvalue weighted by Crippen LogP contribution is -2.05. The molecule has 4 heteroatoms. The van der Waals surface area contributed by atoms with Crippen molar-refractivity contribution in [3.63, 3.8) is 0 Å². The van der Waals surface area contributed by atoms with Crippen LogP contribution in [-0.4, -0.2) is 11.7 Å². The van der Waals surface area contributed by atoms with Crippen molar-refractivity contribution in [3.8, 4) is 5.75 Å². The Morgan fingerprint density at radius 1 is 1.43 bits per heavy atom. The normalized spacial score (nSPS) is 12.9. The largest absolute Gasteiger partial charge is 0.505 e. The predicted molar refractivity (Wildman–Crippen MR) is 50.1 cm³/mol. The Hall–Kier alpha value is -1.16. The third-order valence-corrected chi connectivity index (χ3v) is 2.19. The van der Waals surface area contributed by atoms with E-state index in [0.29, 0.717) is 19.0 Å². The van der Waals surface area contributed by atoms with Crippen LogP contribution in [0.25, 0.3) is 0 Å². The average molecular weight is 201 g/mol. The van der Waals surface area contributed by atoms with Gasteiger partial charge in [-0.1, -0.05) is 6.92 Å². The first-order valence-corrected chi connectivity index (χ1v) is 4.44. The summed E-state index contributed by atoms with van der Waals surface area (Å²) in [5.41, 5.74) is 5.60. The zero-order valence-corrected chi connectivity index (χ0v) is 7.93. The van der Waals surface area contributed by atoms with Crippen LogP contribution in [0, 0.1) is 11.6 Å². The van der Waals surface area contributed by atoms with E-state index in [1.54, 1.807) is 6.92 Å². The summed E-state index contributed by atoms with van der Waals surface area (Å²) < 4.78 is 25.7. The molecule has 1 aromatic carbocycles. The molecule has 1 aromatic rings. The van der Waals surface area contributed by atoms with Crippen molar-refractivity contribution < 1.29 is 13.9 Å². The fraction of sp³-hybridized carbons (Fsp3) is 0.400. The Balaban J connectivity index is 3.07. The Morgan fingerprint density at radius 3 is 2.64 bits per heavy atom. The van der Waals surface area contributed by atoms with Gasteiger partial charge in [0.2, 0.25) is 0 Å². The van der Waals surface area contributed by atoms with Crippen LogP contribution in [0.3, 0.4) is 0 Å². The fourth-order valence-electron chi connectivity index (χ4n) is 1.37. The summed E-state index contributed by atoms with van der Waals surface area (Å²) in [6, 6.07) is 1.80. The maximum Gasteiger partial charge on any atom is 0.168 e. The SMILES string of the molecule is CC(CCN)c1cc(F)cc(F)c1O. The molecule has 1 atom stereocenters. The van der Waals surface area contributed by atoms with Crippen LogP contribution in [0.15, 0.2) is 12.1 Å². The number of hydrogen-bond acceptors (Lipinski definition) is 2. The molecule has 3 N–H and O–H groups in total. The van der Waals surface area contributed by atoms with E-state index >= 15 is 0 Å². The third kappa shape index (κ3) is 2.20. The van der Waals surface area contributed by atoms with E-state index in [1.165, 1.54) is 0 Å². The summed E-state index contributed by atoms with van der Waals surface area (Å²) in [4.78, 5) is 0. The Kier molecular flexibility index (Phi) is 3.41. The van der Waals surface area contributed by atoms with E-state index < -0.39 is 17.4 Å². The summed E-state index contributed by atoms with van der Waals surface area (Å²) in [6.45, 7) is 2.18. The summed E-state index contributed by atoms with van der Waals surface area (Å²) in [5.74, 6) is -2.24. The van der Waals surface area contributed by atoms with Gasteiger partial charge in [-0.15, -0.1) is 0 Å². The Bertz CT molecular complexity index is 328. The number of phenolic OH excluding ortho intramolecular Hbond substituents is 1. The molecule has 0 aliphatic carbocycles. The molecule has 78 valence electrons. The van der Waals surface area contributed by atoms with Gasteiger partial charge in [-0.25, -0.2) is 8.78 Å². The van der Waals surface area contributed by atoms with E-state index in [1.807, 2.05) is 0 Å². The zero-order valence-electron chi connectivity index (χ0n) is 7.93. The molecule has 0 heterocycles. The van der Waals surface area contributed by atoms with Gasteiger partial charge in [0.15, 0.2) is 11.6 Å². The number of hydrogen-bond donors (Lipinski definition) is 2. The number of nitrogens with two attached hydrogens (primary N) is 1. The van der Waals surface area contributed by atoms with Gasteiger partial charge in [-0.3, -0.25) is 0 Å². The molecule has 14 heavy (non-hydrogen) atoms. The molecule has 0 aliphatic heterocycles. The van der Waals surface area contributed by atoms with Crippen molar-refractivity contribution in [2.24, 2.45) is 5.73 Å². The summed E-state index contributed by atoms with van der Waals surface area (Å²) >= 11 is 0. The highest BCUT2D eigenvalue weighted by Gasteiger charge is 2.15. The maximum atomic E-state index is 12.9. The van der Waals surface area contributed by atoms with Crippen molar-refractivity contribution in [1.82, 2.24) is 0 Å². The maximum absolute atomic E-state index is 12.9. The van der Waals surface area contributed by atoms with Gasteiger partial charge < -0.3 is 10.8 Å².